The van der Waals surface area contributed by atoms with E-state index in [9.17, 15) is 34.8 Å². The highest BCUT2D eigenvalue weighted by molar-refractivity contribution is 6.24. The summed E-state index contributed by atoms with van der Waals surface area (Å²) in [6, 6.07) is -0.983. The average molecular weight is 404 g/mol. The van der Waals surface area contributed by atoms with Crippen molar-refractivity contribution in [2.24, 2.45) is 17.6 Å². The SMILES string of the molecule is C/C=C1\CC2CC3C(N(C)C)C(O)=C(C(N)=O)C(=O)[C@@]3(O)C(O)=C2C(=O)\C1=C/O. The molecule has 1 saturated carbocycles. The Labute approximate surface area is 167 Å². The lowest BCUT2D eigenvalue weighted by Crippen LogP contribution is -2.63. The van der Waals surface area contributed by atoms with Gasteiger partial charge >= 0.3 is 0 Å². The molecule has 3 rings (SSSR count). The number of hydrogen-bond acceptors (Lipinski definition) is 8. The molecule has 1 amide bonds. The van der Waals surface area contributed by atoms with Gasteiger partial charge in [-0.2, -0.15) is 0 Å². The fourth-order valence-electron chi connectivity index (χ4n) is 4.85. The minimum Gasteiger partial charge on any atom is -0.515 e. The van der Waals surface area contributed by atoms with E-state index in [4.69, 9.17) is 5.73 Å². The summed E-state index contributed by atoms with van der Waals surface area (Å²) in [5.74, 6) is -6.17. The lowest BCUT2D eigenvalue weighted by Gasteiger charge is -2.50. The molecule has 0 radical (unpaired) electrons. The molecule has 3 aliphatic carbocycles. The minimum atomic E-state index is -2.60. The van der Waals surface area contributed by atoms with Gasteiger partial charge in [-0.3, -0.25) is 19.3 Å². The van der Waals surface area contributed by atoms with Gasteiger partial charge in [0.1, 0.15) is 17.1 Å². The third-order valence-electron chi connectivity index (χ3n) is 6.17. The number of nitrogens with two attached hydrogens (primary N) is 1. The quantitative estimate of drug-likeness (QED) is 0.250. The number of amides is 1. The molecule has 0 bridgehead atoms. The van der Waals surface area contributed by atoms with E-state index >= 15 is 0 Å². The summed E-state index contributed by atoms with van der Waals surface area (Å²) in [7, 11) is 3.17. The number of fused-ring (bicyclic) bond motifs is 2. The van der Waals surface area contributed by atoms with Gasteiger partial charge in [-0.15, -0.1) is 0 Å². The molecule has 0 aliphatic heterocycles. The molecule has 4 atom stereocenters. The minimum absolute atomic E-state index is 0.0340. The first-order valence-corrected chi connectivity index (χ1v) is 9.17. The largest absolute Gasteiger partial charge is 0.515 e. The molecule has 156 valence electrons. The summed E-state index contributed by atoms with van der Waals surface area (Å²) in [6.07, 6.45) is 2.69. The standard InChI is InChI=1S/C20H24N2O7/c1-4-8-5-9-6-11-14(22(2)3)16(25)13(19(21)28)18(27)20(11,29)17(26)12(9)15(24)10(8)7-23/h4,7,9,11,14,23,25-26,29H,5-6H2,1-3H3,(H2,21,28)/b8-4+,10-7-/t9?,11?,14?,20-/m0/s1. The van der Waals surface area contributed by atoms with Gasteiger partial charge in [-0.05, 0) is 45.4 Å². The van der Waals surface area contributed by atoms with Crippen LogP contribution < -0.4 is 5.73 Å². The number of rotatable bonds is 2. The molecule has 0 heterocycles. The number of likely N-dealkylation sites (N-methyl/N-ethyl adjacent to an activating group) is 1. The normalized spacial score (nSPS) is 35.4. The number of allylic oxidation sites excluding steroid dienone is 4. The summed E-state index contributed by atoms with van der Waals surface area (Å²) in [4.78, 5) is 39.3. The third-order valence-corrected chi connectivity index (χ3v) is 6.17. The highest BCUT2D eigenvalue weighted by atomic mass is 16.3. The maximum absolute atomic E-state index is 13.0. The zero-order chi connectivity index (χ0) is 21.8. The number of primary amides is 1. The summed E-state index contributed by atoms with van der Waals surface area (Å²) in [5.41, 5.74) is 2.22. The number of carbonyl (C=O) groups is 3. The predicted octanol–water partition coefficient (Wildman–Crippen LogP) is 0.337. The molecule has 3 unspecified atom stereocenters. The Morgan fingerprint density at radius 2 is 1.90 bits per heavy atom. The van der Waals surface area contributed by atoms with Gasteiger partial charge in [0.15, 0.2) is 11.4 Å². The monoisotopic (exact) mass is 404 g/mol. The van der Waals surface area contributed by atoms with Crippen LogP contribution in [0.2, 0.25) is 0 Å². The fourth-order valence-corrected chi connectivity index (χ4v) is 4.85. The third kappa shape index (κ3) is 2.65. The molecule has 0 aromatic carbocycles. The van der Waals surface area contributed by atoms with Crippen molar-refractivity contribution in [2.45, 2.75) is 31.4 Å². The summed E-state index contributed by atoms with van der Waals surface area (Å²) < 4.78 is 0. The zero-order valence-corrected chi connectivity index (χ0v) is 16.3. The van der Waals surface area contributed by atoms with Crippen LogP contribution in [0.4, 0.5) is 0 Å². The van der Waals surface area contributed by atoms with E-state index in [0.717, 1.165) is 0 Å². The lowest BCUT2D eigenvalue weighted by atomic mass is 9.58. The van der Waals surface area contributed by atoms with Gasteiger partial charge in [0.25, 0.3) is 5.91 Å². The smallest absolute Gasteiger partial charge is 0.255 e. The highest BCUT2D eigenvalue weighted by Gasteiger charge is 2.63. The van der Waals surface area contributed by atoms with E-state index in [1.165, 1.54) is 4.90 Å². The molecule has 3 aliphatic rings. The number of ketones is 2. The van der Waals surface area contributed by atoms with E-state index in [1.807, 2.05) is 0 Å². The number of hydrogen-bond donors (Lipinski definition) is 5. The van der Waals surface area contributed by atoms with Crippen LogP contribution in [-0.4, -0.2) is 68.5 Å². The van der Waals surface area contributed by atoms with Gasteiger partial charge in [0.2, 0.25) is 5.78 Å². The number of nitrogens with zero attached hydrogens (tertiary/aromatic N) is 1. The first kappa shape index (κ1) is 20.8. The van der Waals surface area contributed by atoms with Gasteiger partial charge < -0.3 is 26.2 Å². The van der Waals surface area contributed by atoms with Crippen molar-refractivity contribution in [3.05, 3.63) is 46.1 Å². The maximum atomic E-state index is 13.0. The second-order valence-corrected chi connectivity index (χ2v) is 7.82. The fraction of sp³-hybridized carbons (Fsp3) is 0.450. The molecule has 0 saturated heterocycles. The van der Waals surface area contributed by atoms with Crippen molar-refractivity contribution < 1.29 is 34.8 Å². The Morgan fingerprint density at radius 3 is 2.38 bits per heavy atom. The van der Waals surface area contributed by atoms with Crippen molar-refractivity contribution >= 4 is 17.5 Å². The molecule has 9 nitrogen and oxygen atoms in total. The van der Waals surface area contributed by atoms with Crippen molar-refractivity contribution in [2.75, 3.05) is 14.1 Å². The molecule has 1 fully saturated rings. The van der Waals surface area contributed by atoms with Crippen LogP contribution in [0.25, 0.3) is 0 Å². The second-order valence-electron chi connectivity index (χ2n) is 7.82. The molecule has 0 spiro atoms. The van der Waals surface area contributed by atoms with Crippen LogP contribution in [0, 0.1) is 11.8 Å². The Hall–Kier alpha value is -2.91. The number of carbonyl (C=O) groups excluding carboxylic acids is 3. The summed E-state index contributed by atoms with van der Waals surface area (Å²) in [6.45, 7) is 1.71. The van der Waals surface area contributed by atoms with Crippen LogP contribution in [-0.2, 0) is 14.4 Å². The van der Waals surface area contributed by atoms with Crippen LogP contribution in [0.15, 0.2) is 46.1 Å². The van der Waals surface area contributed by atoms with E-state index in [0.29, 0.717) is 18.3 Å². The number of Topliss-reactive ketones (excluding diaryl/α,β-unsaturated/α-hetero) is 2. The van der Waals surface area contributed by atoms with Gasteiger partial charge in [0.05, 0.1) is 17.9 Å². The molecule has 29 heavy (non-hydrogen) atoms. The van der Waals surface area contributed by atoms with Crippen LogP contribution >= 0.6 is 0 Å². The lowest BCUT2D eigenvalue weighted by molar-refractivity contribution is -0.149. The average Bonchev–Trinajstić information content (AvgIpc) is 2.63. The first-order valence-electron chi connectivity index (χ1n) is 9.17. The van der Waals surface area contributed by atoms with Crippen molar-refractivity contribution in [3.63, 3.8) is 0 Å². The van der Waals surface area contributed by atoms with Crippen molar-refractivity contribution in [1.82, 2.24) is 4.90 Å². The molecule has 0 aromatic heterocycles. The van der Waals surface area contributed by atoms with E-state index in [2.05, 4.69) is 0 Å². The Kier molecular flexibility index (Phi) is 4.92. The van der Waals surface area contributed by atoms with E-state index in [-0.39, 0.29) is 17.6 Å². The van der Waals surface area contributed by atoms with E-state index < -0.39 is 58.0 Å². The molecule has 6 N–H and O–H groups in total. The second kappa shape index (κ2) is 6.85. The maximum Gasteiger partial charge on any atom is 0.255 e. The van der Waals surface area contributed by atoms with Crippen molar-refractivity contribution in [1.29, 1.82) is 0 Å². The zero-order valence-electron chi connectivity index (χ0n) is 16.3. The van der Waals surface area contributed by atoms with Crippen LogP contribution in [0.1, 0.15) is 19.8 Å². The molecule has 0 aromatic rings. The number of aliphatic hydroxyl groups is 4. The van der Waals surface area contributed by atoms with Gasteiger partial charge in [0, 0.05) is 11.5 Å². The first-order chi connectivity index (χ1) is 13.5. The molecular weight excluding hydrogens is 380 g/mol. The van der Waals surface area contributed by atoms with Crippen molar-refractivity contribution in [3.8, 4) is 0 Å². The van der Waals surface area contributed by atoms with Crippen LogP contribution in [0.5, 0.6) is 0 Å². The topological polar surface area (TPSA) is 161 Å². The number of aliphatic hydroxyl groups excluding tert-OH is 3. The Balaban J connectivity index is 2.29. The molecule has 9 heteroatoms. The summed E-state index contributed by atoms with van der Waals surface area (Å²) in [5, 5.41) is 42.4. The predicted molar refractivity (Wildman–Crippen MR) is 102 cm³/mol. The Bertz CT molecular complexity index is 940. The van der Waals surface area contributed by atoms with Crippen LogP contribution in [0.3, 0.4) is 0 Å². The summed E-state index contributed by atoms with van der Waals surface area (Å²) >= 11 is 0. The van der Waals surface area contributed by atoms with Gasteiger partial charge in [-0.25, -0.2) is 0 Å². The van der Waals surface area contributed by atoms with E-state index in [1.54, 1.807) is 27.1 Å². The highest BCUT2D eigenvalue weighted by Crippen LogP contribution is 2.52. The van der Waals surface area contributed by atoms with Gasteiger partial charge in [-0.1, -0.05) is 6.08 Å². The molecular formula is C20H24N2O7. The Morgan fingerprint density at radius 1 is 1.28 bits per heavy atom.